The number of alkyl halides is 2. The van der Waals surface area contributed by atoms with Crippen molar-refractivity contribution in [2.45, 2.75) is 13.3 Å². The fourth-order valence-corrected chi connectivity index (χ4v) is 1.71. The number of rotatable bonds is 4. The molecule has 0 saturated heterocycles. The second-order valence-corrected chi connectivity index (χ2v) is 4.49. The van der Waals surface area contributed by atoms with E-state index in [9.17, 15) is 13.6 Å². The lowest BCUT2D eigenvalue weighted by Gasteiger charge is -2.07. The molecule has 20 heavy (non-hydrogen) atoms. The molecule has 0 aromatic carbocycles. The van der Waals surface area contributed by atoms with Gasteiger partial charge in [0.1, 0.15) is 11.3 Å². The lowest BCUT2D eigenvalue weighted by Crippen LogP contribution is -2.11. The van der Waals surface area contributed by atoms with Crippen LogP contribution in [0.3, 0.4) is 0 Å². The van der Waals surface area contributed by atoms with Gasteiger partial charge < -0.3 is 4.74 Å². The smallest absolute Gasteiger partial charge is 0.341 e. The summed E-state index contributed by atoms with van der Waals surface area (Å²) >= 11 is 3.14. The van der Waals surface area contributed by atoms with E-state index in [4.69, 9.17) is 4.74 Å². The van der Waals surface area contributed by atoms with Gasteiger partial charge in [-0.3, -0.25) is 0 Å². The van der Waals surface area contributed by atoms with E-state index in [-0.39, 0.29) is 18.1 Å². The molecule has 0 amide bonds. The molecule has 2 aromatic rings. The number of esters is 1. The molecule has 0 bridgehead atoms. The van der Waals surface area contributed by atoms with Crippen molar-refractivity contribution in [1.82, 2.24) is 19.7 Å². The summed E-state index contributed by atoms with van der Waals surface area (Å²) in [6.07, 6.45) is 0.890. The second kappa shape index (κ2) is 6.04. The van der Waals surface area contributed by atoms with Crippen LogP contribution < -0.4 is 0 Å². The molecule has 0 fully saturated rings. The summed E-state index contributed by atoms with van der Waals surface area (Å²) in [6, 6.07) is 0. The molecule has 0 radical (unpaired) electrons. The van der Waals surface area contributed by atoms with Crippen LogP contribution in [0.2, 0.25) is 0 Å². The Balaban J connectivity index is 2.49. The highest BCUT2D eigenvalue weighted by atomic mass is 79.9. The van der Waals surface area contributed by atoms with Crippen LogP contribution in [0.15, 0.2) is 23.1 Å². The summed E-state index contributed by atoms with van der Waals surface area (Å²) in [5, 5.41) is 3.74. The molecular formula is C11H9BrF2N4O2. The van der Waals surface area contributed by atoms with Gasteiger partial charge in [0.2, 0.25) is 0 Å². The highest BCUT2D eigenvalue weighted by Crippen LogP contribution is 2.25. The van der Waals surface area contributed by atoms with Crippen LogP contribution in [0.5, 0.6) is 0 Å². The van der Waals surface area contributed by atoms with Crippen molar-refractivity contribution in [2.75, 3.05) is 6.61 Å². The van der Waals surface area contributed by atoms with Gasteiger partial charge in [-0.2, -0.15) is 9.78 Å². The lowest BCUT2D eigenvalue weighted by molar-refractivity contribution is 0.0514. The van der Waals surface area contributed by atoms with Crippen LogP contribution in [-0.4, -0.2) is 32.3 Å². The Hall–Kier alpha value is -1.90. The van der Waals surface area contributed by atoms with Gasteiger partial charge in [0, 0.05) is 12.4 Å². The fourth-order valence-electron chi connectivity index (χ4n) is 1.51. The van der Waals surface area contributed by atoms with E-state index < -0.39 is 18.1 Å². The number of hydrogen-bond donors (Lipinski definition) is 0. The first-order valence-electron chi connectivity index (χ1n) is 5.55. The number of halogens is 3. The normalized spacial score (nSPS) is 10.8. The number of carbonyl (C=O) groups excluding carboxylic acids is 1. The maximum absolute atomic E-state index is 13.2. The van der Waals surface area contributed by atoms with Crippen molar-refractivity contribution in [2.24, 2.45) is 0 Å². The van der Waals surface area contributed by atoms with E-state index in [0.717, 1.165) is 10.9 Å². The van der Waals surface area contributed by atoms with Crippen LogP contribution in [0.1, 0.15) is 29.4 Å². The first-order chi connectivity index (χ1) is 9.54. The molecule has 0 N–H and O–H groups in total. The third kappa shape index (κ3) is 2.82. The fraction of sp³-hybridized carbons (Fsp3) is 0.273. The molecular weight excluding hydrogens is 338 g/mol. The zero-order valence-electron chi connectivity index (χ0n) is 10.3. The third-order valence-corrected chi connectivity index (χ3v) is 2.71. The maximum Gasteiger partial charge on any atom is 0.341 e. The Bertz CT molecular complexity index is 615. The number of ether oxygens (including phenoxy) is 1. The van der Waals surface area contributed by atoms with Crippen molar-refractivity contribution in [3.8, 4) is 5.95 Å². The van der Waals surface area contributed by atoms with Gasteiger partial charge >= 0.3 is 5.97 Å². The van der Waals surface area contributed by atoms with Crippen molar-refractivity contribution >= 4 is 21.9 Å². The van der Waals surface area contributed by atoms with E-state index in [1.165, 1.54) is 12.4 Å². The van der Waals surface area contributed by atoms with Gasteiger partial charge in [-0.15, -0.1) is 0 Å². The Labute approximate surface area is 120 Å². The molecule has 2 aromatic heterocycles. The van der Waals surface area contributed by atoms with Gasteiger partial charge in [0.25, 0.3) is 12.4 Å². The van der Waals surface area contributed by atoms with Crippen LogP contribution in [-0.2, 0) is 4.74 Å². The average molecular weight is 347 g/mol. The molecule has 0 aliphatic carbocycles. The van der Waals surface area contributed by atoms with Gasteiger partial charge in [-0.05, 0) is 22.9 Å². The number of carbonyl (C=O) groups is 1. The van der Waals surface area contributed by atoms with Crippen molar-refractivity contribution in [1.29, 1.82) is 0 Å². The number of aromatic nitrogens is 4. The van der Waals surface area contributed by atoms with Gasteiger partial charge in [0.05, 0.1) is 17.3 Å². The summed E-state index contributed by atoms with van der Waals surface area (Å²) in [7, 11) is 0. The van der Waals surface area contributed by atoms with Gasteiger partial charge in [-0.1, -0.05) is 0 Å². The molecule has 0 spiro atoms. The van der Waals surface area contributed by atoms with E-state index in [2.05, 4.69) is 31.0 Å². The van der Waals surface area contributed by atoms with Crippen LogP contribution >= 0.6 is 15.9 Å². The molecule has 0 atom stereocenters. The Morgan fingerprint density at radius 2 is 2.05 bits per heavy atom. The van der Waals surface area contributed by atoms with Crippen molar-refractivity contribution < 1.29 is 18.3 Å². The van der Waals surface area contributed by atoms with Crippen LogP contribution in [0.25, 0.3) is 5.95 Å². The lowest BCUT2D eigenvalue weighted by atomic mass is 10.2. The minimum Gasteiger partial charge on any atom is -0.462 e. The molecule has 9 heteroatoms. The average Bonchev–Trinajstić information content (AvgIpc) is 2.84. The molecule has 2 rings (SSSR count). The predicted molar refractivity (Wildman–Crippen MR) is 67.8 cm³/mol. The molecule has 6 nitrogen and oxygen atoms in total. The zero-order valence-corrected chi connectivity index (χ0v) is 11.8. The highest BCUT2D eigenvalue weighted by molar-refractivity contribution is 9.10. The second-order valence-electron chi connectivity index (χ2n) is 3.58. The minimum absolute atomic E-state index is 0.0564. The van der Waals surface area contributed by atoms with E-state index in [1.54, 1.807) is 6.92 Å². The van der Waals surface area contributed by atoms with Crippen LogP contribution in [0, 0.1) is 0 Å². The quantitative estimate of drug-likeness (QED) is 0.795. The third-order valence-electron chi connectivity index (χ3n) is 2.30. The summed E-state index contributed by atoms with van der Waals surface area (Å²) in [6.45, 7) is 1.67. The van der Waals surface area contributed by atoms with E-state index >= 15 is 0 Å². The highest BCUT2D eigenvalue weighted by Gasteiger charge is 2.27. The molecule has 0 saturated carbocycles. The van der Waals surface area contributed by atoms with Crippen LogP contribution in [0.4, 0.5) is 8.78 Å². The Kier molecular flexibility index (Phi) is 4.38. The largest absolute Gasteiger partial charge is 0.462 e. The van der Waals surface area contributed by atoms with Gasteiger partial charge in [-0.25, -0.2) is 23.5 Å². The number of nitrogens with zero attached hydrogens (tertiary/aromatic N) is 4. The predicted octanol–water partition coefficient (Wildman–Crippen LogP) is 2.54. The first kappa shape index (κ1) is 14.5. The SMILES string of the molecule is CCOC(=O)c1cnn(-c2ncc(Br)cn2)c1C(F)F. The summed E-state index contributed by atoms with van der Waals surface area (Å²) in [5.74, 6) is -0.912. The monoisotopic (exact) mass is 346 g/mol. The Morgan fingerprint density at radius 1 is 1.40 bits per heavy atom. The first-order valence-corrected chi connectivity index (χ1v) is 6.35. The topological polar surface area (TPSA) is 69.9 Å². The molecule has 2 heterocycles. The zero-order chi connectivity index (χ0) is 14.7. The molecule has 106 valence electrons. The minimum atomic E-state index is -2.91. The maximum atomic E-state index is 13.2. The van der Waals surface area contributed by atoms with E-state index in [0.29, 0.717) is 4.47 Å². The summed E-state index contributed by atoms with van der Waals surface area (Å²) < 4.78 is 32.4. The standard InChI is InChI=1S/C11H9BrF2N4O2/c1-2-20-10(19)7-5-17-18(8(7)9(13)14)11-15-3-6(12)4-16-11/h3-5,9H,2H2,1H3. The van der Waals surface area contributed by atoms with Gasteiger partial charge in [0.15, 0.2) is 0 Å². The molecule has 0 unspecified atom stereocenters. The molecule has 0 aliphatic rings. The molecule has 0 aliphatic heterocycles. The summed E-state index contributed by atoms with van der Waals surface area (Å²) in [5.41, 5.74) is -0.890. The van der Waals surface area contributed by atoms with Crippen molar-refractivity contribution in [3.05, 3.63) is 34.3 Å². The number of hydrogen-bond acceptors (Lipinski definition) is 5. The Morgan fingerprint density at radius 3 is 2.60 bits per heavy atom. The van der Waals surface area contributed by atoms with E-state index in [1.807, 2.05) is 0 Å². The summed E-state index contributed by atoms with van der Waals surface area (Å²) in [4.78, 5) is 19.3. The van der Waals surface area contributed by atoms with Crippen molar-refractivity contribution in [3.63, 3.8) is 0 Å².